The van der Waals surface area contributed by atoms with Gasteiger partial charge in [-0.25, -0.2) is 9.78 Å². The van der Waals surface area contributed by atoms with E-state index in [-0.39, 0.29) is 6.09 Å². The van der Waals surface area contributed by atoms with Crippen molar-refractivity contribution in [2.24, 2.45) is 5.11 Å². The Kier molecular flexibility index (Phi) is 7.09. The Balaban J connectivity index is 1.78. The number of piperazine rings is 1. The Labute approximate surface area is 154 Å². The highest BCUT2D eigenvalue weighted by Crippen LogP contribution is 2.17. The second kappa shape index (κ2) is 9.29. The van der Waals surface area contributed by atoms with E-state index in [1.807, 2.05) is 33.0 Å². The monoisotopic (exact) mass is 360 g/mol. The van der Waals surface area contributed by atoms with Crippen LogP contribution in [0, 0.1) is 0 Å². The molecule has 8 nitrogen and oxygen atoms in total. The van der Waals surface area contributed by atoms with Gasteiger partial charge in [-0.1, -0.05) is 11.2 Å². The van der Waals surface area contributed by atoms with Crippen LogP contribution < -0.4 is 4.90 Å². The fourth-order valence-corrected chi connectivity index (χ4v) is 2.75. The first-order valence-corrected chi connectivity index (χ1v) is 9.08. The van der Waals surface area contributed by atoms with Gasteiger partial charge in [-0.3, -0.25) is 0 Å². The molecule has 8 heteroatoms. The van der Waals surface area contributed by atoms with E-state index in [2.05, 4.69) is 26.0 Å². The molecule has 2 rings (SSSR count). The van der Waals surface area contributed by atoms with E-state index < -0.39 is 5.60 Å². The van der Waals surface area contributed by atoms with Crippen molar-refractivity contribution in [3.63, 3.8) is 0 Å². The SMILES string of the molecule is CC(C)(C)OC(=O)N1CCN(c2ccc(CCCCN=[N+]=[N-])cn2)CC1. The van der Waals surface area contributed by atoms with Crippen molar-refractivity contribution in [3.8, 4) is 0 Å². The number of nitrogens with zero attached hydrogens (tertiary/aromatic N) is 6. The molecular weight excluding hydrogens is 332 g/mol. The molecule has 0 spiro atoms. The highest BCUT2D eigenvalue weighted by Gasteiger charge is 2.26. The molecule has 1 aromatic heterocycles. The summed E-state index contributed by atoms with van der Waals surface area (Å²) in [5, 5.41) is 3.54. The van der Waals surface area contributed by atoms with Crippen LogP contribution in [-0.2, 0) is 11.2 Å². The van der Waals surface area contributed by atoms with Gasteiger partial charge in [0.1, 0.15) is 11.4 Å². The van der Waals surface area contributed by atoms with E-state index in [4.69, 9.17) is 10.3 Å². The third-order valence-electron chi connectivity index (χ3n) is 4.10. The minimum atomic E-state index is -0.466. The third kappa shape index (κ3) is 6.44. The molecule has 142 valence electrons. The van der Waals surface area contributed by atoms with Crippen molar-refractivity contribution in [2.45, 2.75) is 45.6 Å². The lowest BCUT2D eigenvalue weighted by atomic mass is 10.1. The maximum atomic E-state index is 12.1. The van der Waals surface area contributed by atoms with Gasteiger partial charge in [0.15, 0.2) is 0 Å². The van der Waals surface area contributed by atoms with E-state index in [9.17, 15) is 4.79 Å². The molecule has 1 amide bonds. The average Bonchev–Trinajstić information content (AvgIpc) is 2.61. The summed E-state index contributed by atoms with van der Waals surface area (Å²) >= 11 is 0. The molecule has 0 aliphatic carbocycles. The van der Waals surface area contributed by atoms with Crippen molar-refractivity contribution in [3.05, 3.63) is 34.3 Å². The predicted octanol–water partition coefficient (Wildman–Crippen LogP) is 3.77. The Hall–Kier alpha value is -2.47. The first kappa shape index (κ1) is 19.8. The van der Waals surface area contributed by atoms with E-state index >= 15 is 0 Å². The van der Waals surface area contributed by atoms with E-state index in [1.165, 1.54) is 5.56 Å². The molecule has 0 bridgehead atoms. The highest BCUT2D eigenvalue weighted by atomic mass is 16.6. The second-order valence-corrected chi connectivity index (χ2v) is 7.39. The Bertz CT molecular complexity index is 626. The minimum absolute atomic E-state index is 0.249. The Morgan fingerprint density at radius 3 is 2.58 bits per heavy atom. The number of amides is 1. The van der Waals surface area contributed by atoms with Gasteiger partial charge in [0, 0.05) is 43.8 Å². The van der Waals surface area contributed by atoms with Gasteiger partial charge in [0.05, 0.1) is 0 Å². The van der Waals surface area contributed by atoms with Gasteiger partial charge >= 0.3 is 6.09 Å². The minimum Gasteiger partial charge on any atom is -0.444 e. The van der Waals surface area contributed by atoms with Crippen molar-refractivity contribution in [1.82, 2.24) is 9.88 Å². The number of unbranched alkanes of at least 4 members (excludes halogenated alkanes) is 1. The molecule has 1 aromatic rings. The molecule has 0 saturated carbocycles. The van der Waals surface area contributed by atoms with E-state index in [0.29, 0.717) is 19.6 Å². The lowest BCUT2D eigenvalue weighted by Crippen LogP contribution is -2.50. The molecular formula is C18H28N6O2. The van der Waals surface area contributed by atoms with Crippen LogP contribution in [0.2, 0.25) is 0 Å². The van der Waals surface area contributed by atoms with Crippen LogP contribution in [0.4, 0.5) is 10.6 Å². The Morgan fingerprint density at radius 2 is 2.00 bits per heavy atom. The number of azide groups is 1. The average molecular weight is 360 g/mol. The van der Waals surface area contributed by atoms with Crippen molar-refractivity contribution in [2.75, 3.05) is 37.6 Å². The normalized spacial score (nSPS) is 14.7. The summed E-state index contributed by atoms with van der Waals surface area (Å²) in [6, 6.07) is 4.13. The number of aromatic nitrogens is 1. The van der Waals surface area contributed by atoms with Gasteiger partial charge < -0.3 is 14.5 Å². The summed E-state index contributed by atoms with van der Waals surface area (Å²) in [6.45, 7) is 8.95. The van der Waals surface area contributed by atoms with Crippen molar-refractivity contribution >= 4 is 11.9 Å². The third-order valence-corrected chi connectivity index (χ3v) is 4.10. The van der Waals surface area contributed by atoms with Crippen LogP contribution in [0.1, 0.15) is 39.2 Å². The summed E-state index contributed by atoms with van der Waals surface area (Å²) < 4.78 is 5.42. The van der Waals surface area contributed by atoms with Gasteiger partial charge in [0.2, 0.25) is 0 Å². The van der Waals surface area contributed by atoms with Gasteiger partial charge in [-0.15, -0.1) is 0 Å². The number of rotatable bonds is 6. The quantitative estimate of drug-likeness (QED) is 0.334. The van der Waals surface area contributed by atoms with Crippen LogP contribution in [0.15, 0.2) is 23.4 Å². The smallest absolute Gasteiger partial charge is 0.410 e. The number of ether oxygens (including phenoxy) is 1. The highest BCUT2D eigenvalue weighted by molar-refractivity contribution is 5.68. The van der Waals surface area contributed by atoms with Crippen LogP contribution >= 0.6 is 0 Å². The maximum Gasteiger partial charge on any atom is 0.410 e. The molecule has 0 N–H and O–H groups in total. The second-order valence-electron chi connectivity index (χ2n) is 7.39. The van der Waals surface area contributed by atoms with Gasteiger partial charge in [-0.05, 0) is 57.2 Å². The standard InChI is InChI=1S/C18H28N6O2/c1-18(2,3)26-17(25)24-12-10-23(11-13-24)16-8-7-15(14-20-16)6-4-5-9-21-22-19/h7-8,14H,4-6,9-13H2,1-3H3. The zero-order valence-electron chi connectivity index (χ0n) is 15.9. The number of aryl methyl sites for hydroxylation is 1. The summed E-state index contributed by atoms with van der Waals surface area (Å²) in [5.41, 5.74) is 8.97. The first-order valence-electron chi connectivity index (χ1n) is 9.08. The molecule has 0 atom stereocenters. The molecule has 1 fully saturated rings. The fraction of sp³-hybridized carbons (Fsp3) is 0.667. The van der Waals surface area contributed by atoms with Crippen LogP contribution in [0.5, 0.6) is 0 Å². The summed E-state index contributed by atoms with van der Waals surface area (Å²) in [6.07, 6.45) is 4.46. The maximum absolute atomic E-state index is 12.1. The van der Waals surface area contributed by atoms with E-state index in [1.54, 1.807) is 4.90 Å². The Morgan fingerprint density at radius 1 is 1.27 bits per heavy atom. The summed E-state index contributed by atoms with van der Waals surface area (Å²) in [5.74, 6) is 0.937. The zero-order valence-corrected chi connectivity index (χ0v) is 15.9. The van der Waals surface area contributed by atoms with Crippen LogP contribution in [0.3, 0.4) is 0 Å². The molecule has 1 aliphatic rings. The first-order chi connectivity index (χ1) is 12.4. The molecule has 1 saturated heterocycles. The fourth-order valence-electron chi connectivity index (χ4n) is 2.75. The number of hydrogen-bond acceptors (Lipinski definition) is 5. The molecule has 0 unspecified atom stereocenters. The van der Waals surface area contributed by atoms with Crippen molar-refractivity contribution < 1.29 is 9.53 Å². The van der Waals surface area contributed by atoms with Gasteiger partial charge in [-0.2, -0.15) is 0 Å². The number of carbonyl (C=O) groups excluding carboxylic acids is 1. The molecule has 2 heterocycles. The molecule has 0 radical (unpaired) electrons. The van der Waals surface area contributed by atoms with E-state index in [0.717, 1.165) is 38.2 Å². The van der Waals surface area contributed by atoms with Crippen molar-refractivity contribution in [1.29, 1.82) is 0 Å². The molecule has 1 aliphatic heterocycles. The lowest BCUT2D eigenvalue weighted by molar-refractivity contribution is 0.0240. The number of carbonyl (C=O) groups is 1. The largest absolute Gasteiger partial charge is 0.444 e. The summed E-state index contributed by atoms with van der Waals surface area (Å²) in [7, 11) is 0. The zero-order chi connectivity index (χ0) is 19.0. The summed E-state index contributed by atoms with van der Waals surface area (Å²) in [4.78, 5) is 23.4. The predicted molar refractivity (Wildman–Crippen MR) is 101 cm³/mol. The van der Waals surface area contributed by atoms with Crippen LogP contribution in [0.25, 0.3) is 10.4 Å². The molecule has 0 aromatic carbocycles. The topological polar surface area (TPSA) is 94.4 Å². The lowest BCUT2D eigenvalue weighted by Gasteiger charge is -2.36. The van der Waals surface area contributed by atoms with Gasteiger partial charge in [0.25, 0.3) is 0 Å². The number of pyridine rings is 1. The number of hydrogen-bond donors (Lipinski definition) is 0. The number of anilines is 1. The van der Waals surface area contributed by atoms with Crippen LogP contribution in [-0.4, -0.2) is 54.3 Å². The molecule has 26 heavy (non-hydrogen) atoms.